The molecule has 0 fully saturated rings. The van der Waals surface area contributed by atoms with Gasteiger partial charge in [0.1, 0.15) is 5.76 Å². The van der Waals surface area contributed by atoms with Crippen LogP contribution in [-0.4, -0.2) is 16.7 Å². The molecule has 1 aliphatic carbocycles. The van der Waals surface area contributed by atoms with E-state index in [2.05, 4.69) is 21.1 Å². The molecule has 0 atom stereocenters. The van der Waals surface area contributed by atoms with Crippen molar-refractivity contribution < 1.29 is 14.1 Å². The Morgan fingerprint density at radius 2 is 2.15 bits per heavy atom. The summed E-state index contributed by atoms with van der Waals surface area (Å²) in [7, 11) is 0. The van der Waals surface area contributed by atoms with Crippen LogP contribution in [0.2, 0.25) is 0 Å². The van der Waals surface area contributed by atoms with Crippen LogP contribution in [0.25, 0.3) is 0 Å². The molecule has 0 saturated heterocycles. The van der Waals surface area contributed by atoms with Gasteiger partial charge < -0.3 is 4.52 Å². The third-order valence-electron chi connectivity index (χ3n) is 1.80. The minimum absolute atomic E-state index is 0.0943. The maximum absolute atomic E-state index is 11.4. The van der Waals surface area contributed by atoms with Crippen molar-refractivity contribution in [1.82, 2.24) is 5.16 Å². The summed E-state index contributed by atoms with van der Waals surface area (Å²) in [6, 6.07) is 0. The Morgan fingerprint density at radius 3 is 2.85 bits per heavy atom. The molecule has 1 aromatic heterocycles. The number of aryl methyl sites for hydroxylation is 1. The summed E-state index contributed by atoms with van der Waals surface area (Å²) >= 11 is 2.98. The van der Waals surface area contributed by atoms with Crippen molar-refractivity contribution >= 4 is 27.5 Å². The highest BCUT2D eigenvalue weighted by atomic mass is 79.9. The lowest BCUT2D eigenvalue weighted by atomic mass is 10.0. The first-order valence-corrected chi connectivity index (χ1v) is 4.33. The standard InChI is InChI=1S/C8H4BrNO3/c1-3-6-5(11)2-4(9)8(12)7(6)10-13-3/h2H,1H3. The number of carbonyl (C=O) groups excluding carboxylic acids is 2. The minimum atomic E-state index is -0.313. The van der Waals surface area contributed by atoms with Gasteiger partial charge in [-0.05, 0) is 22.9 Å². The molecule has 2 rings (SSSR count). The van der Waals surface area contributed by atoms with E-state index in [-0.39, 0.29) is 27.3 Å². The van der Waals surface area contributed by atoms with Gasteiger partial charge >= 0.3 is 0 Å². The van der Waals surface area contributed by atoms with Gasteiger partial charge in [-0.2, -0.15) is 0 Å². The van der Waals surface area contributed by atoms with Crippen molar-refractivity contribution in [3.63, 3.8) is 0 Å². The Kier molecular flexibility index (Phi) is 1.69. The second-order valence-corrected chi connectivity index (χ2v) is 3.50. The van der Waals surface area contributed by atoms with Gasteiger partial charge in [-0.3, -0.25) is 9.59 Å². The fourth-order valence-electron chi connectivity index (χ4n) is 1.18. The highest BCUT2D eigenvalue weighted by Crippen LogP contribution is 2.25. The minimum Gasteiger partial charge on any atom is -0.360 e. The van der Waals surface area contributed by atoms with Crippen molar-refractivity contribution in [1.29, 1.82) is 0 Å². The van der Waals surface area contributed by atoms with Gasteiger partial charge in [-0.25, -0.2) is 0 Å². The van der Waals surface area contributed by atoms with Crippen molar-refractivity contribution in [3.05, 3.63) is 27.6 Å². The molecule has 66 valence electrons. The number of ketones is 2. The van der Waals surface area contributed by atoms with Crippen molar-refractivity contribution in [2.75, 3.05) is 0 Å². The summed E-state index contributed by atoms with van der Waals surface area (Å²) in [5, 5.41) is 3.52. The Morgan fingerprint density at radius 1 is 1.46 bits per heavy atom. The Bertz CT molecular complexity index is 444. The van der Waals surface area contributed by atoms with Gasteiger partial charge in [0.2, 0.25) is 5.78 Å². The first kappa shape index (κ1) is 8.37. The van der Waals surface area contributed by atoms with Gasteiger partial charge in [-0.1, -0.05) is 5.16 Å². The van der Waals surface area contributed by atoms with E-state index < -0.39 is 0 Å². The number of allylic oxidation sites excluding steroid dienone is 2. The molecule has 1 aliphatic rings. The molecule has 5 heteroatoms. The number of carbonyl (C=O) groups is 2. The number of fused-ring (bicyclic) bond motifs is 1. The highest BCUT2D eigenvalue weighted by molar-refractivity contribution is 9.12. The van der Waals surface area contributed by atoms with Crippen LogP contribution in [-0.2, 0) is 0 Å². The number of hydrogen-bond donors (Lipinski definition) is 0. The van der Waals surface area contributed by atoms with Crippen LogP contribution in [0.1, 0.15) is 26.6 Å². The second-order valence-electron chi connectivity index (χ2n) is 2.65. The van der Waals surface area contributed by atoms with Crippen LogP contribution in [0.3, 0.4) is 0 Å². The lowest BCUT2D eigenvalue weighted by Crippen LogP contribution is -2.13. The average molecular weight is 242 g/mol. The second kappa shape index (κ2) is 2.63. The molecule has 4 nitrogen and oxygen atoms in total. The van der Waals surface area contributed by atoms with Gasteiger partial charge in [0.25, 0.3) is 0 Å². The van der Waals surface area contributed by atoms with E-state index in [4.69, 9.17) is 4.52 Å². The monoisotopic (exact) mass is 241 g/mol. The molecule has 0 unspecified atom stereocenters. The molecular formula is C8H4BrNO3. The Labute approximate surface area is 81.7 Å². The normalized spacial score (nSPS) is 15.7. The molecule has 13 heavy (non-hydrogen) atoms. The van der Waals surface area contributed by atoms with E-state index in [0.717, 1.165) is 0 Å². The van der Waals surface area contributed by atoms with E-state index in [1.54, 1.807) is 6.92 Å². The zero-order valence-corrected chi connectivity index (χ0v) is 8.21. The first-order chi connectivity index (χ1) is 6.11. The van der Waals surface area contributed by atoms with Crippen molar-refractivity contribution in [2.24, 2.45) is 0 Å². The third-order valence-corrected chi connectivity index (χ3v) is 2.39. The van der Waals surface area contributed by atoms with Gasteiger partial charge in [0.15, 0.2) is 11.5 Å². The van der Waals surface area contributed by atoms with E-state index in [1.165, 1.54) is 6.08 Å². The van der Waals surface area contributed by atoms with Crippen LogP contribution in [0.5, 0.6) is 0 Å². The maximum Gasteiger partial charge on any atom is 0.222 e. The molecule has 0 N–H and O–H groups in total. The van der Waals surface area contributed by atoms with Crippen LogP contribution < -0.4 is 0 Å². The quantitative estimate of drug-likeness (QED) is 0.693. The van der Waals surface area contributed by atoms with Gasteiger partial charge in [-0.15, -0.1) is 0 Å². The summed E-state index contributed by atoms with van der Waals surface area (Å²) in [5.74, 6) is -0.184. The molecular weight excluding hydrogens is 238 g/mol. The molecule has 0 bridgehead atoms. The lowest BCUT2D eigenvalue weighted by molar-refractivity contribution is 0.0988. The molecule has 0 aromatic carbocycles. The SMILES string of the molecule is Cc1onc2c1C(=O)C=C(Br)C2=O. The predicted molar refractivity (Wildman–Crippen MR) is 46.9 cm³/mol. The maximum atomic E-state index is 11.4. The van der Waals surface area contributed by atoms with Crippen LogP contribution in [0.4, 0.5) is 0 Å². The Balaban J connectivity index is 2.71. The van der Waals surface area contributed by atoms with Crippen molar-refractivity contribution in [3.8, 4) is 0 Å². The molecule has 0 saturated carbocycles. The predicted octanol–water partition coefficient (Wildman–Crippen LogP) is 1.64. The topological polar surface area (TPSA) is 60.2 Å². The summed E-state index contributed by atoms with van der Waals surface area (Å²) in [6.45, 7) is 1.60. The summed E-state index contributed by atoms with van der Waals surface area (Å²) in [6.07, 6.45) is 1.23. The number of hydrogen-bond acceptors (Lipinski definition) is 4. The number of nitrogens with zero attached hydrogens (tertiary/aromatic N) is 1. The van der Waals surface area contributed by atoms with Gasteiger partial charge in [0.05, 0.1) is 10.0 Å². The van der Waals surface area contributed by atoms with Crippen LogP contribution in [0, 0.1) is 6.92 Å². The van der Waals surface area contributed by atoms with E-state index >= 15 is 0 Å². The zero-order valence-electron chi connectivity index (χ0n) is 6.63. The first-order valence-electron chi connectivity index (χ1n) is 3.53. The Hall–Kier alpha value is -1.23. The molecule has 1 heterocycles. The zero-order chi connectivity index (χ0) is 9.59. The summed E-state index contributed by atoms with van der Waals surface area (Å²) in [4.78, 5) is 22.8. The number of halogens is 1. The van der Waals surface area contributed by atoms with E-state index in [0.29, 0.717) is 5.76 Å². The fourth-order valence-corrected chi connectivity index (χ4v) is 1.58. The highest BCUT2D eigenvalue weighted by Gasteiger charge is 2.30. The number of aromatic nitrogens is 1. The lowest BCUT2D eigenvalue weighted by Gasteiger charge is -2.03. The molecule has 0 radical (unpaired) electrons. The molecule has 0 amide bonds. The number of Topliss-reactive ketones (excluding diaryl/α,β-unsaturated/α-hetero) is 1. The largest absolute Gasteiger partial charge is 0.360 e. The van der Waals surface area contributed by atoms with Crippen LogP contribution >= 0.6 is 15.9 Å². The van der Waals surface area contributed by atoms with Crippen molar-refractivity contribution in [2.45, 2.75) is 6.92 Å². The smallest absolute Gasteiger partial charge is 0.222 e. The van der Waals surface area contributed by atoms with E-state index in [9.17, 15) is 9.59 Å². The molecule has 0 spiro atoms. The molecule has 0 aliphatic heterocycles. The summed E-state index contributed by atoms with van der Waals surface area (Å²) in [5.41, 5.74) is 0.366. The average Bonchev–Trinajstić information content (AvgIpc) is 2.44. The van der Waals surface area contributed by atoms with Crippen LogP contribution in [0.15, 0.2) is 15.1 Å². The fraction of sp³-hybridized carbons (Fsp3) is 0.125. The third kappa shape index (κ3) is 1.07. The number of rotatable bonds is 0. The molecule has 1 aromatic rings. The van der Waals surface area contributed by atoms with Gasteiger partial charge in [0, 0.05) is 6.08 Å². The van der Waals surface area contributed by atoms with E-state index in [1.807, 2.05) is 0 Å². The summed E-state index contributed by atoms with van der Waals surface area (Å²) < 4.78 is 4.98.